The molecule has 0 aliphatic heterocycles. The van der Waals surface area contributed by atoms with Gasteiger partial charge in [-0.1, -0.05) is 6.07 Å². The monoisotopic (exact) mass is 492 g/mol. The number of nitrogens with one attached hydrogen (secondary N) is 3. The van der Waals surface area contributed by atoms with Crippen LogP contribution in [0.3, 0.4) is 0 Å². The third-order valence-corrected chi connectivity index (χ3v) is 3.81. The van der Waals surface area contributed by atoms with Gasteiger partial charge in [0.15, 0.2) is 5.96 Å². The second kappa shape index (κ2) is 12.6. The Morgan fingerprint density at radius 1 is 1.22 bits per heavy atom. The summed E-state index contributed by atoms with van der Waals surface area (Å²) in [4.78, 5) is 16.2. The van der Waals surface area contributed by atoms with Crippen molar-refractivity contribution in [1.82, 2.24) is 16.0 Å². The van der Waals surface area contributed by atoms with E-state index in [-0.39, 0.29) is 36.0 Å². The molecule has 0 aliphatic carbocycles. The molecule has 8 heteroatoms. The number of carbonyl (C=O) groups is 1. The van der Waals surface area contributed by atoms with E-state index in [4.69, 9.17) is 9.47 Å². The van der Waals surface area contributed by atoms with E-state index in [1.807, 2.05) is 52.0 Å². The molecule has 0 saturated heterocycles. The number of guanidine groups is 1. The molecule has 3 N–H and O–H groups in total. The number of halogens is 1. The van der Waals surface area contributed by atoms with Gasteiger partial charge in [-0.3, -0.25) is 9.79 Å². The fraction of sp³-hybridized carbons (Fsp3) is 0.579. The highest BCUT2D eigenvalue weighted by molar-refractivity contribution is 14.0. The van der Waals surface area contributed by atoms with Crippen LogP contribution in [-0.4, -0.2) is 51.8 Å². The van der Waals surface area contributed by atoms with Gasteiger partial charge in [-0.15, -0.1) is 24.0 Å². The van der Waals surface area contributed by atoms with Crippen LogP contribution in [0.4, 0.5) is 0 Å². The molecular weight excluding hydrogens is 459 g/mol. The van der Waals surface area contributed by atoms with E-state index in [1.165, 1.54) is 0 Å². The Hall–Kier alpha value is -1.71. The van der Waals surface area contributed by atoms with Crippen LogP contribution in [-0.2, 0) is 4.79 Å². The van der Waals surface area contributed by atoms with Crippen molar-refractivity contribution in [1.29, 1.82) is 0 Å². The maximum Gasteiger partial charge on any atom is 0.227 e. The van der Waals surface area contributed by atoms with Crippen LogP contribution < -0.4 is 25.4 Å². The van der Waals surface area contributed by atoms with Crippen LogP contribution in [0.1, 0.15) is 27.7 Å². The van der Waals surface area contributed by atoms with Crippen LogP contribution in [0, 0.1) is 5.41 Å². The first-order chi connectivity index (χ1) is 12.3. The number of methoxy groups -OCH3 is 1. The van der Waals surface area contributed by atoms with Crippen molar-refractivity contribution in [2.24, 2.45) is 10.4 Å². The molecule has 1 amide bonds. The van der Waals surface area contributed by atoms with Crippen molar-refractivity contribution < 1.29 is 14.3 Å². The summed E-state index contributed by atoms with van der Waals surface area (Å²) in [6, 6.07) is 7.50. The minimum absolute atomic E-state index is 0. The maximum atomic E-state index is 12.0. The number of aliphatic imine (C=N–C) groups is 1. The van der Waals surface area contributed by atoms with E-state index >= 15 is 0 Å². The quantitative estimate of drug-likeness (QED) is 0.280. The van der Waals surface area contributed by atoms with E-state index < -0.39 is 5.41 Å². The molecule has 0 radical (unpaired) electrons. The van der Waals surface area contributed by atoms with Gasteiger partial charge in [0.05, 0.1) is 19.1 Å². The molecule has 1 unspecified atom stereocenters. The summed E-state index contributed by atoms with van der Waals surface area (Å²) in [5, 5.41) is 9.25. The summed E-state index contributed by atoms with van der Waals surface area (Å²) in [7, 11) is 3.32. The molecule has 0 bridgehead atoms. The van der Waals surface area contributed by atoms with Gasteiger partial charge in [-0.05, 0) is 39.8 Å². The van der Waals surface area contributed by atoms with Crippen molar-refractivity contribution in [3.05, 3.63) is 24.3 Å². The van der Waals surface area contributed by atoms with Crippen LogP contribution >= 0.6 is 24.0 Å². The molecule has 27 heavy (non-hydrogen) atoms. The fourth-order valence-corrected chi connectivity index (χ4v) is 2.19. The number of ether oxygens (including phenoxy) is 2. The predicted molar refractivity (Wildman–Crippen MR) is 120 cm³/mol. The molecule has 0 heterocycles. The van der Waals surface area contributed by atoms with Crippen LogP contribution in [0.25, 0.3) is 0 Å². The largest absolute Gasteiger partial charge is 0.497 e. The average Bonchev–Trinajstić information content (AvgIpc) is 2.62. The third-order valence-electron chi connectivity index (χ3n) is 3.81. The zero-order valence-corrected chi connectivity index (χ0v) is 19.4. The first-order valence-corrected chi connectivity index (χ1v) is 8.86. The number of hydrogen-bond donors (Lipinski definition) is 3. The SMILES string of the molecule is CCNC(=O)C(C)(C)CNC(=NC)NCC(C)Oc1cccc(OC)c1.I. The van der Waals surface area contributed by atoms with Gasteiger partial charge in [0.1, 0.15) is 17.6 Å². The minimum Gasteiger partial charge on any atom is -0.497 e. The van der Waals surface area contributed by atoms with Gasteiger partial charge >= 0.3 is 0 Å². The zero-order chi connectivity index (χ0) is 19.6. The molecule has 1 rings (SSSR count). The molecule has 1 aromatic carbocycles. The molecular formula is C19H33IN4O3. The lowest BCUT2D eigenvalue weighted by Gasteiger charge is -2.25. The van der Waals surface area contributed by atoms with E-state index in [2.05, 4.69) is 20.9 Å². The highest BCUT2D eigenvalue weighted by atomic mass is 127. The molecule has 0 spiro atoms. The second-order valence-electron chi connectivity index (χ2n) is 6.66. The first kappa shape index (κ1) is 25.3. The van der Waals surface area contributed by atoms with E-state index in [0.717, 1.165) is 11.5 Å². The third kappa shape index (κ3) is 9.16. The highest BCUT2D eigenvalue weighted by Crippen LogP contribution is 2.19. The van der Waals surface area contributed by atoms with Gasteiger partial charge in [-0.25, -0.2) is 0 Å². The lowest BCUT2D eigenvalue weighted by Crippen LogP contribution is -2.49. The summed E-state index contributed by atoms with van der Waals surface area (Å²) in [6.07, 6.45) is -0.0722. The Morgan fingerprint density at radius 2 is 1.89 bits per heavy atom. The van der Waals surface area contributed by atoms with E-state index in [1.54, 1.807) is 14.2 Å². The number of benzene rings is 1. The van der Waals surface area contributed by atoms with Crippen molar-refractivity contribution in [3.63, 3.8) is 0 Å². The zero-order valence-electron chi connectivity index (χ0n) is 17.1. The molecule has 7 nitrogen and oxygen atoms in total. The molecule has 0 saturated carbocycles. The molecule has 0 aromatic heterocycles. The lowest BCUT2D eigenvalue weighted by molar-refractivity contribution is -0.128. The summed E-state index contributed by atoms with van der Waals surface area (Å²) in [5.41, 5.74) is -0.531. The minimum atomic E-state index is -0.531. The van der Waals surface area contributed by atoms with Gasteiger partial charge in [0.2, 0.25) is 5.91 Å². The van der Waals surface area contributed by atoms with Crippen LogP contribution in [0.2, 0.25) is 0 Å². The number of nitrogens with zero attached hydrogens (tertiary/aromatic N) is 1. The molecule has 0 fully saturated rings. The Morgan fingerprint density at radius 3 is 2.48 bits per heavy atom. The van der Waals surface area contributed by atoms with Crippen molar-refractivity contribution in [3.8, 4) is 11.5 Å². The molecule has 154 valence electrons. The van der Waals surface area contributed by atoms with Gasteiger partial charge in [0.25, 0.3) is 0 Å². The van der Waals surface area contributed by atoms with Crippen molar-refractivity contribution in [2.45, 2.75) is 33.8 Å². The number of rotatable bonds is 9. The highest BCUT2D eigenvalue weighted by Gasteiger charge is 2.27. The first-order valence-electron chi connectivity index (χ1n) is 8.86. The summed E-state index contributed by atoms with van der Waals surface area (Å²) >= 11 is 0. The average molecular weight is 492 g/mol. The summed E-state index contributed by atoms with van der Waals surface area (Å²) in [6.45, 7) is 9.33. The molecule has 0 aliphatic rings. The van der Waals surface area contributed by atoms with Crippen LogP contribution in [0.15, 0.2) is 29.3 Å². The summed E-state index contributed by atoms with van der Waals surface area (Å²) in [5.74, 6) is 2.15. The number of amides is 1. The smallest absolute Gasteiger partial charge is 0.227 e. The van der Waals surface area contributed by atoms with Crippen LogP contribution in [0.5, 0.6) is 11.5 Å². The fourth-order valence-electron chi connectivity index (χ4n) is 2.19. The Bertz CT molecular complexity index is 608. The van der Waals surface area contributed by atoms with Crippen molar-refractivity contribution >= 4 is 35.8 Å². The Labute approximate surface area is 179 Å². The lowest BCUT2D eigenvalue weighted by atomic mass is 9.92. The van der Waals surface area contributed by atoms with Gasteiger partial charge in [-0.2, -0.15) is 0 Å². The summed E-state index contributed by atoms with van der Waals surface area (Å²) < 4.78 is 11.1. The maximum absolute atomic E-state index is 12.0. The molecule has 1 atom stereocenters. The van der Waals surface area contributed by atoms with E-state index in [0.29, 0.717) is 25.6 Å². The number of hydrogen-bond acceptors (Lipinski definition) is 4. The standard InChI is InChI=1S/C19H32N4O3.HI/c1-7-21-17(24)19(3,4)13-23-18(20-5)22-12-14(2)26-16-10-8-9-15(11-16)25-6;/h8-11,14H,7,12-13H2,1-6H3,(H,21,24)(H2,20,22,23);1H. The predicted octanol–water partition coefficient (Wildman–Crippen LogP) is 2.41. The Balaban J connectivity index is 0.00000676. The number of carbonyl (C=O) groups excluding carboxylic acids is 1. The Kier molecular flexibility index (Phi) is 11.8. The van der Waals surface area contributed by atoms with E-state index in [9.17, 15) is 4.79 Å². The second-order valence-corrected chi connectivity index (χ2v) is 6.66. The van der Waals surface area contributed by atoms with Crippen molar-refractivity contribution in [2.75, 3.05) is 33.8 Å². The topological polar surface area (TPSA) is 84.0 Å². The van der Waals surface area contributed by atoms with Gasteiger partial charge < -0.3 is 25.4 Å². The normalized spacial score (nSPS) is 12.4. The molecule has 1 aromatic rings. The van der Waals surface area contributed by atoms with Gasteiger partial charge in [0, 0.05) is 26.2 Å².